The highest BCUT2D eigenvalue weighted by Gasteiger charge is 1.99. The maximum absolute atomic E-state index is 11.4. The quantitative estimate of drug-likeness (QED) is 0.685. The second kappa shape index (κ2) is 4.33. The van der Waals surface area contributed by atoms with Crippen LogP contribution < -0.4 is 5.54 Å². The molecule has 0 atom stereocenters. The maximum atomic E-state index is 11.4. The number of hydrogen-bond donors (Lipinski definition) is 1. The lowest BCUT2D eigenvalue weighted by Crippen LogP contribution is -2.14. The number of halogens is 1. The molecule has 1 N–H and O–H groups in total. The number of ether oxygens (including phenoxy) is 1. The van der Waals surface area contributed by atoms with Gasteiger partial charge in [0.25, 0.3) is 0 Å². The van der Waals surface area contributed by atoms with Crippen molar-refractivity contribution in [3.63, 3.8) is 0 Å². The zero-order valence-electron chi connectivity index (χ0n) is 6.29. The normalized spacial score (nSPS) is 9.08. The number of amides is 1. The molecule has 1 aromatic rings. The molecule has 3 nitrogen and oxygen atoms in total. The second-order valence-electron chi connectivity index (χ2n) is 2.16. The minimum Gasteiger partial charge on any atom is -0.443 e. The average molecular weight is 169 g/mol. The van der Waals surface area contributed by atoms with Gasteiger partial charge in [-0.15, -0.1) is 0 Å². The third kappa shape index (κ3) is 2.57. The van der Waals surface area contributed by atoms with Crippen molar-refractivity contribution in [1.29, 1.82) is 0 Å². The van der Waals surface area contributed by atoms with Crippen molar-refractivity contribution in [1.82, 2.24) is 5.54 Å². The van der Waals surface area contributed by atoms with Gasteiger partial charge in [-0.25, -0.2) is 4.79 Å². The molecule has 0 bridgehead atoms. The number of rotatable bonds is 2. The van der Waals surface area contributed by atoms with E-state index in [0.717, 1.165) is 11.1 Å². The van der Waals surface area contributed by atoms with E-state index < -0.39 is 6.09 Å². The predicted molar refractivity (Wildman–Crippen MR) is 40.9 cm³/mol. The molecule has 1 amide bonds. The van der Waals surface area contributed by atoms with Gasteiger partial charge in [-0.3, -0.25) is 0 Å². The SMILES string of the molecule is O=C(NF)OCc1ccccc1. The van der Waals surface area contributed by atoms with Crippen molar-refractivity contribution < 1.29 is 14.0 Å². The maximum Gasteiger partial charge on any atom is 0.435 e. The highest BCUT2D eigenvalue weighted by molar-refractivity contribution is 5.65. The van der Waals surface area contributed by atoms with Crippen LogP contribution in [0.25, 0.3) is 0 Å². The van der Waals surface area contributed by atoms with E-state index >= 15 is 0 Å². The summed E-state index contributed by atoms with van der Waals surface area (Å²) in [5.74, 6) is 0. The van der Waals surface area contributed by atoms with Gasteiger partial charge < -0.3 is 4.74 Å². The first kappa shape index (κ1) is 8.52. The van der Waals surface area contributed by atoms with Gasteiger partial charge >= 0.3 is 6.09 Å². The number of benzene rings is 1. The highest BCUT2D eigenvalue weighted by Crippen LogP contribution is 1.99. The van der Waals surface area contributed by atoms with E-state index in [4.69, 9.17) is 0 Å². The Labute approximate surface area is 69.1 Å². The molecule has 0 fully saturated rings. The Morgan fingerprint density at radius 2 is 2.08 bits per heavy atom. The summed E-state index contributed by atoms with van der Waals surface area (Å²) in [6, 6.07) is 9.04. The summed E-state index contributed by atoms with van der Waals surface area (Å²) in [6.45, 7) is 0.0800. The van der Waals surface area contributed by atoms with Crippen molar-refractivity contribution in [2.75, 3.05) is 0 Å². The summed E-state index contributed by atoms with van der Waals surface area (Å²) in [5, 5.41) is 0. The molecule has 0 aliphatic rings. The molecule has 64 valence electrons. The largest absolute Gasteiger partial charge is 0.443 e. The van der Waals surface area contributed by atoms with E-state index in [1.54, 1.807) is 12.1 Å². The summed E-state index contributed by atoms with van der Waals surface area (Å²) in [6.07, 6.45) is -1.07. The lowest BCUT2D eigenvalue weighted by atomic mass is 10.2. The minimum absolute atomic E-state index is 0.0800. The van der Waals surface area contributed by atoms with Crippen LogP contribution in [-0.2, 0) is 11.3 Å². The third-order valence-corrected chi connectivity index (χ3v) is 1.29. The van der Waals surface area contributed by atoms with E-state index in [-0.39, 0.29) is 6.61 Å². The van der Waals surface area contributed by atoms with Crippen molar-refractivity contribution in [3.8, 4) is 0 Å². The van der Waals surface area contributed by atoms with E-state index in [1.165, 1.54) is 0 Å². The van der Waals surface area contributed by atoms with Crippen LogP contribution in [0, 0.1) is 0 Å². The Hall–Kier alpha value is -1.58. The van der Waals surface area contributed by atoms with E-state index in [0.29, 0.717) is 0 Å². The summed E-state index contributed by atoms with van der Waals surface area (Å²) in [7, 11) is 0. The van der Waals surface area contributed by atoms with Gasteiger partial charge in [0.15, 0.2) is 0 Å². The smallest absolute Gasteiger partial charge is 0.435 e. The number of carbonyl (C=O) groups excluding carboxylic acids is 1. The van der Waals surface area contributed by atoms with Gasteiger partial charge in [0.1, 0.15) is 6.61 Å². The van der Waals surface area contributed by atoms with Gasteiger partial charge in [0, 0.05) is 0 Å². The zero-order chi connectivity index (χ0) is 8.81. The van der Waals surface area contributed by atoms with Crippen LogP contribution in [0.5, 0.6) is 0 Å². The van der Waals surface area contributed by atoms with Gasteiger partial charge in [0.2, 0.25) is 0 Å². The van der Waals surface area contributed by atoms with E-state index in [2.05, 4.69) is 4.74 Å². The van der Waals surface area contributed by atoms with Crippen molar-refractivity contribution in [2.45, 2.75) is 6.61 Å². The molecule has 0 heterocycles. The first-order chi connectivity index (χ1) is 5.83. The standard InChI is InChI=1S/C8H8FNO2/c9-10-8(11)12-6-7-4-2-1-3-5-7/h1-5H,6H2,(H,10,11). The van der Waals surface area contributed by atoms with Crippen molar-refractivity contribution >= 4 is 6.09 Å². The highest BCUT2D eigenvalue weighted by atomic mass is 19.2. The van der Waals surface area contributed by atoms with Crippen LogP contribution >= 0.6 is 0 Å². The Morgan fingerprint density at radius 1 is 1.42 bits per heavy atom. The fourth-order valence-electron chi connectivity index (χ4n) is 0.750. The molecule has 0 saturated heterocycles. The predicted octanol–water partition coefficient (Wildman–Crippen LogP) is 1.80. The van der Waals surface area contributed by atoms with Crippen LogP contribution in [0.1, 0.15) is 5.56 Å². The van der Waals surface area contributed by atoms with Crippen molar-refractivity contribution in [2.24, 2.45) is 0 Å². The third-order valence-electron chi connectivity index (χ3n) is 1.29. The molecule has 0 spiro atoms. The van der Waals surface area contributed by atoms with E-state index in [9.17, 15) is 9.28 Å². The Morgan fingerprint density at radius 3 is 2.67 bits per heavy atom. The summed E-state index contributed by atoms with van der Waals surface area (Å²) in [5.41, 5.74) is 1.69. The topological polar surface area (TPSA) is 38.3 Å². The molecule has 0 aromatic heterocycles. The molecule has 0 saturated carbocycles. The fourth-order valence-corrected chi connectivity index (χ4v) is 0.750. The lowest BCUT2D eigenvalue weighted by Gasteiger charge is -2.00. The number of carbonyl (C=O) groups is 1. The monoisotopic (exact) mass is 169 g/mol. The molecule has 12 heavy (non-hydrogen) atoms. The number of hydrogen-bond acceptors (Lipinski definition) is 2. The van der Waals surface area contributed by atoms with Crippen LogP contribution in [0.3, 0.4) is 0 Å². The molecule has 0 unspecified atom stereocenters. The summed E-state index contributed by atoms with van der Waals surface area (Å²) >= 11 is 0. The second-order valence-corrected chi connectivity index (χ2v) is 2.16. The summed E-state index contributed by atoms with van der Waals surface area (Å²) < 4.78 is 15.8. The lowest BCUT2D eigenvalue weighted by molar-refractivity contribution is 0.117. The Balaban J connectivity index is 2.38. The van der Waals surface area contributed by atoms with Crippen LogP contribution in [0.2, 0.25) is 0 Å². The van der Waals surface area contributed by atoms with E-state index in [1.807, 2.05) is 18.2 Å². The van der Waals surface area contributed by atoms with Crippen molar-refractivity contribution in [3.05, 3.63) is 35.9 Å². The van der Waals surface area contributed by atoms with Gasteiger partial charge in [0.05, 0.1) is 0 Å². The average Bonchev–Trinajstić information content (AvgIpc) is 2.16. The fraction of sp³-hybridized carbons (Fsp3) is 0.125. The molecule has 0 radical (unpaired) electrons. The molecule has 0 aliphatic heterocycles. The van der Waals surface area contributed by atoms with Crippen LogP contribution in [0.4, 0.5) is 9.28 Å². The molecule has 1 rings (SSSR count). The number of nitrogens with one attached hydrogen (secondary N) is 1. The Bertz CT molecular complexity index is 250. The van der Waals surface area contributed by atoms with Crippen LogP contribution in [0.15, 0.2) is 30.3 Å². The van der Waals surface area contributed by atoms with Gasteiger partial charge in [-0.2, -0.15) is 5.54 Å². The van der Waals surface area contributed by atoms with Crippen LogP contribution in [-0.4, -0.2) is 6.09 Å². The molecule has 0 aliphatic carbocycles. The first-order valence-corrected chi connectivity index (χ1v) is 3.40. The molecule has 4 heteroatoms. The first-order valence-electron chi connectivity index (χ1n) is 3.40. The summed E-state index contributed by atoms with van der Waals surface area (Å²) in [4.78, 5) is 10.3. The van der Waals surface area contributed by atoms with Gasteiger partial charge in [-0.1, -0.05) is 34.8 Å². The zero-order valence-corrected chi connectivity index (χ0v) is 6.29. The van der Waals surface area contributed by atoms with Gasteiger partial charge in [-0.05, 0) is 5.56 Å². The molecular formula is C8H8FNO2. The molecular weight excluding hydrogens is 161 g/mol. The Kier molecular flexibility index (Phi) is 3.07. The minimum atomic E-state index is -1.07. The molecule has 1 aromatic carbocycles.